The fourth-order valence-corrected chi connectivity index (χ4v) is 4.46. The van der Waals surface area contributed by atoms with E-state index in [9.17, 15) is 13.6 Å². The first-order chi connectivity index (χ1) is 15.9. The van der Waals surface area contributed by atoms with Crippen LogP contribution in [-0.4, -0.2) is 12.6 Å². The van der Waals surface area contributed by atoms with Crippen molar-refractivity contribution in [2.45, 2.75) is 71.1 Å². The summed E-state index contributed by atoms with van der Waals surface area (Å²) >= 11 is 0. The fraction of sp³-hybridized carbons (Fsp3) is 0.414. The molecule has 1 saturated carbocycles. The highest BCUT2D eigenvalue weighted by molar-refractivity contribution is 5.86. The van der Waals surface area contributed by atoms with Crippen molar-refractivity contribution < 1.29 is 18.3 Å². The molecule has 0 N–H and O–H groups in total. The third-order valence-corrected chi connectivity index (χ3v) is 6.38. The molecule has 3 rings (SSSR count). The number of hydrogen-bond donors (Lipinski definition) is 0. The van der Waals surface area contributed by atoms with Crippen molar-refractivity contribution in [2.24, 2.45) is 0 Å². The van der Waals surface area contributed by atoms with Gasteiger partial charge in [0.2, 0.25) is 0 Å². The van der Waals surface area contributed by atoms with E-state index >= 15 is 0 Å². The summed E-state index contributed by atoms with van der Waals surface area (Å²) < 4.78 is 34.4. The maximum absolute atomic E-state index is 14.7. The van der Waals surface area contributed by atoms with Crippen LogP contribution < -0.4 is 0 Å². The molecule has 1 aliphatic rings. The van der Waals surface area contributed by atoms with E-state index in [-0.39, 0.29) is 18.6 Å². The molecule has 176 valence electrons. The van der Waals surface area contributed by atoms with Crippen LogP contribution in [0.2, 0.25) is 0 Å². The molecule has 1 fully saturated rings. The maximum atomic E-state index is 14.7. The van der Waals surface area contributed by atoms with Crippen molar-refractivity contribution in [1.29, 1.82) is 0 Å². The number of carbonyl (C=O) groups is 1. The Bertz CT molecular complexity index is 972. The lowest BCUT2D eigenvalue weighted by atomic mass is 9.81. The third kappa shape index (κ3) is 6.86. The summed E-state index contributed by atoms with van der Waals surface area (Å²) in [6.07, 6.45) is 9.43. The quantitative estimate of drug-likeness (QED) is 0.166. The fourth-order valence-electron chi connectivity index (χ4n) is 4.46. The van der Waals surface area contributed by atoms with Crippen molar-refractivity contribution in [2.75, 3.05) is 6.61 Å². The van der Waals surface area contributed by atoms with Gasteiger partial charge in [-0.25, -0.2) is 13.6 Å². The van der Waals surface area contributed by atoms with Gasteiger partial charge in [0, 0.05) is 11.1 Å². The highest BCUT2D eigenvalue weighted by Gasteiger charge is 2.18. The summed E-state index contributed by atoms with van der Waals surface area (Å²) in [5.74, 6) is -0.950. The lowest BCUT2D eigenvalue weighted by Gasteiger charge is -2.24. The number of halogens is 2. The van der Waals surface area contributed by atoms with E-state index in [1.165, 1.54) is 17.7 Å². The van der Waals surface area contributed by atoms with Crippen LogP contribution >= 0.6 is 0 Å². The van der Waals surface area contributed by atoms with Gasteiger partial charge in [0.25, 0.3) is 0 Å². The molecule has 1 aliphatic carbocycles. The van der Waals surface area contributed by atoms with Gasteiger partial charge in [-0.2, -0.15) is 0 Å². The van der Waals surface area contributed by atoms with E-state index in [2.05, 4.69) is 31.7 Å². The predicted molar refractivity (Wildman–Crippen MR) is 130 cm³/mol. The monoisotopic (exact) mass is 452 g/mol. The Morgan fingerprint density at radius 3 is 2.27 bits per heavy atom. The molecule has 0 radical (unpaired) electrons. The number of hydrogen-bond acceptors (Lipinski definition) is 2. The Kier molecular flexibility index (Phi) is 8.99. The summed E-state index contributed by atoms with van der Waals surface area (Å²) in [6, 6.07) is 11.0. The molecular formula is C29H34F2O2. The highest BCUT2D eigenvalue weighted by Crippen LogP contribution is 2.36. The van der Waals surface area contributed by atoms with E-state index in [0.717, 1.165) is 37.7 Å². The number of benzene rings is 2. The second-order valence-electron chi connectivity index (χ2n) is 8.96. The van der Waals surface area contributed by atoms with E-state index < -0.39 is 17.6 Å². The minimum Gasteiger partial charge on any atom is -0.462 e. The molecular weight excluding hydrogens is 418 g/mol. The van der Waals surface area contributed by atoms with E-state index in [4.69, 9.17) is 4.74 Å². The first-order valence-corrected chi connectivity index (χ1v) is 12.0. The van der Waals surface area contributed by atoms with Crippen molar-refractivity contribution in [3.05, 3.63) is 83.0 Å². The van der Waals surface area contributed by atoms with Crippen LogP contribution in [0.4, 0.5) is 8.78 Å². The molecule has 0 spiro atoms. The van der Waals surface area contributed by atoms with Gasteiger partial charge in [0.05, 0.1) is 6.61 Å². The number of carbonyl (C=O) groups excluding carboxylic acids is 1. The molecule has 2 aromatic carbocycles. The summed E-state index contributed by atoms with van der Waals surface area (Å²) in [5, 5.41) is 0. The topological polar surface area (TPSA) is 26.3 Å². The largest absolute Gasteiger partial charge is 0.462 e. The van der Waals surface area contributed by atoms with Crippen molar-refractivity contribution in [3.8, 4) is 11.1 Å². The average Bonchev–Trinajstić information content (AvgIpc) is 2.81. The van der Waals surface area contributed by atoms with Gasteiger partial charge in [-0.15, -0.1) is 0 Å². The molecule has 0 bridgehead atoms. The number of unbranched alkanes of at least 4 members (excludes halogenated alkanes) is 1. The summed E-state index contributed by atoms with van der Waals surface area (Å²) in [4.78, 5) is 11.4. The number of rotatable bonds is 9. The minimum atomic E-state index is -0.532. The predicted octanol–water partition coefficient (Wildman–Crippen LogP) is 8.07. The molecule has 4 heteroatoms. The van der Waals surface area contributed by atoms with Gasteiger partial charge in [0.1, 0.15) is 11.6 Å². The Hall–Kier alpha value is -2.75. The number of allylic oxidation sites excluding steroid dienone is 2. The van der Waals surface area contributed by atoms with Crippen molar-refractivity contribution in [3.63, 3.8) is 0 Å². The molecule has 2 aromatic rings. The second kappa shape index (κ2) is 11.9. The lowest BCUT2D eigenvalue weighted by Crippen LogP contribution is -2.07. The van der Waals surface area contributed by atoms with Gasteiger partial charge < -0.3 is 4.74 Å². The Morgan fingerprint density at radius 1 is 1.06 bits per heavy atom. The van der Waals surface area contributed by atoms with Gasteiger partial charge >= 0.3 is 5.97 Å². The Balaban J connectivity index is 1.58. The third-order valence-electron chi connectivity index (χ3n) is 6.38. The molecule has 0 aliphatic heterocycles. The van der Waals surface area contributed by atoms with Crippen LogP contribution in [0.3, 0.4) is 0 Å². The Labute approximate surface area is 196 Å². The zero-order valence-electron chi connectivity index (χ0n) is 19.8. The van der Waals surface area contributed by atoms with Gasteiger partial charge in [0.15, 0.2) is 0 Å². The minimum absolute atomic E-state index is 0.0831. The SMILES string of the molecule is C=C(C)C(=O)OCCCCc1c(F)cc(-c2ccc(C3CCC(=CCC)CC3)cc2)cc1F. The van der Waals surface area contributed by atoms with Crippen LogP contribution in [0.15, 0.2) is 60.2 Å². The van der Waals surface area contributed by atoms with Gasteiger partial charge in [-0.1, -0.05) is 49.4 Å². The van der Waals surface area contributed by atoms with E-state index in [0.29, 0.717) is 29.9 Å². The molecule has 0 heterocycles. The summed E-state index contributed by atoms with van der Waals surface area (Å²) in [5.41, 5.74) is 4.67. The average molecular weight is 453 g/mol. The van der Waals surface area contributed by atoms with E-state index in [1.807, 2.05) is 12.1 Å². The maximum Gasteiger partial charge on any atom is 0.333 e. The normalized spacial score (nSPS) is 15.9. The van der Waals surface area contributed by atoms with Gasteiger partial charge in [-0.3, -0.25) is 0 Å². The summed E-state index contributed by atoms with van der Waals surface area (Å²) in [6.45, 7) is 7.50. The summed E-state index contributed by atoms with van der Waals surface area (Å²) in [7, 11) is 0. The molecule has 2 nitrogen and oxygen atoms in total. The molecule has 0 unspecified atom stereocenters. The van der Waals surface area contributed by atoms with Gasteiger partial charge in [-0.05, 0) is 93.0 Å². The molecule has 33 heavy (non-hydrogen) atoms. The van der Waals surface area contributed by atoms with Crippen LogP contribution in [0, 0.1) is 11.6 Å². The first-order valence-electron chi connectivity index (χ1n) is 12.0. The van der Waals surface area contributed by atoms with Crippen molar-refractivity contribution >= 4 is 5.97 Å². The van der Waals surface area contributed by atoms with Crippen LogP contribution in [0.25, 0.3) is 11.1 Å². The molecule has 0 atom stereocenters. The standard InChI is InChI=1S/C29H34F2O2/c1-4-7-21-9-11-22(12-10-21)23-13-15-24(16-14-23)25-18-27(30)26(28(31)19-25)8-5-6-17-33-29(32)20(2)3/h7,13-16,18-19,22H,2,4-6,8-12,17H2,1,3H3. The highest BCUT2D eigenvalue weighted by atomic mass is 19.1. The van der Waals surface area contributed by atoms with E-state index in [1.54, 1.807) is 12.5 Å². The zero-order valence-corrected chi connectivity index (χ0v) is 19.8. The van der Waals surface area contributed by atoms with Crippen LogP contribution in [0.1, 0.15) is 75.8 Å². The first kappa shape index (κ1) is 24.9. The zero-order chi connectivity index (χ0) is 23.8. The smallest absolute Gasteiger partial charge is 0.333 e. The number of ether oxygens (including phenoxy) is 1. The van der Waals surface area contributed by atoms with Crippen LogP contribution in [-0.2, 0) is 16.0 Å². The van der Waals surface area contributed by atoms with Crippen LogP contribution in [0.5, 0.6) is 0 Å². The molecule has 0 saturated heterocycles. The van der Waals surface area contributed by atoms with Crippen molar-refractivity contribution in [1.82, 2.24) is 0 Å². The Morgan fingerprint density at radius 2 is 1.70 bits per heavy atom. The molecule has 0 amide bonds. The number of esters is 1. The second-order valence-corrected chi connectivity index (χ2v) is 8.96. The molecule has 0 aromatic heterocycles. The lowest BCUT2D eigenvalue weighted by molar-refractivity contribution is -0.139.